The molecule has 0 amide bonds. The summed E-state index contributed by atoms with van der Waals surface area (Å²) < 4.78 is 1.62. The molecule has 0 spiro atoms. The zero-order valence-electron chi connectivity index (χ0n) is 9.11. The Labute approximate surface area is 98.5 Å². The molecule has 0 saturated heterocycles. The molecule has 0 atom stereocenters. The molecule has 0 bridgehead atoms. The number of nitrogens with one attached hydrogen (secondary N) is 1. The van der Waals surface area contributed by atoms with Crippen LogP contribution in [0.5, 0.6) is 0 Å². The van der Waals surface area contributed by atoms with Crippen LogP contribution in [0.15, 0.2) is 18.6 Å². The highest BCUT2D eigenvalue weighted by molar-refractivity contribution is 6.31. The molecule has 0 aliphatic rings. The van der Waals surface area contributed by atoms with Crippen LogP contribution in [0.3, 0.4) is 0 Å². The van der Waals surface area contributed by atoms with Crippen LogP contribution in [-0.2, 0) is 6.54 Å². The third-order valence-corrected chi connectivity index (χ3v) is 2.49. The molecule has 5 nitrogen and oxygen atoms in total. The van der Waals surface area contributed by atoms with E-state index in [1.54, 1.807) is 23.3 Å². The number of aryl methyl sites for hydroxylation is 1. The predicted molar refractivity (Wildman–Crippen MR) is 61.7 cm³/mol. The topological polar surface area (TPSA) is 55.6 Å². The molecule has 6 heteroatoms. The van der Waals surface area contributed by atoms with Gasteiger partial charge in [-0.15, -0.1) is 0 Å². The van der Waals surface area contributed by atoms with E-state index in [1.807, 2.05) is 14.0 Å². The van der Waals surface area contributed by atoms with Gasteiger partial charge < -0.3 is 5.32 Å². The standard InChI is InChI=1S/C10H12ClN5/c1-7-9(11)6-16(15-7)10-5-13-8(3-12-2)4-14-10/h4-6,12H,3H2,1-2H3. The lowest BCUT2D eigenvalue weighted by Gasteiger charge is -2.01. The van der Waals surface area contributed by atoms with Crippen molar-refractivity contribution in [3.63, 3.8) is 0 Å². The van der Waals surface area contributed by atoms with Gasteiger partial charge in [-0.1, -0.05) is 11.6 Å². The van der Waals surface area contributed by atoms with E-state index in [2.05, 4.69) is 20.4 Å². The zero-order chi connectivity index (χ0) is 11.5. The summed E-state index contributed by atoms with van der Waals surface area (Å²) in [6.07, 6.45) is 5.12. The minimum Gasteiger partial charge on any atom is -0.314 e. The summed E-state index contributed by atoms with van der Waals surface area (Å²) in [6, 6.07) is 0. The fourth-order valence-electron chi connectivity index (χ4n) is 1.30. The summed E-state index contributed by atoms with van der Waals surface area (Å²) in [5.74, 6) is 0.662. The van der Waals surface area contributed by atoms with Crippen molar-refractivity contribution >= 4 is 11.6 Å². The summed E-state index contributed by atoms with van der Waals surface area (Å²) >= 11 is 5.92. The van der Waals surface area contributed by atoms with Gasteiger partial charge in [0.05, 0.1) is 35.0 Å². The van der Waals surface area contributed by atoms with Crippen LogP contribution in [0, 0.1) is 6.92 Å². The highest BCUT2D eigenvalue weighted by atomic mass is 35.5. The highest BCUT2D eigenvalue weighted by Gasteiger charge is 2.05. The fourth-order valence-corrected chi connectivity index (χ4v) is 1.43. The quantitative estimate of drug-likeness (QED) is 0.876. The monoisotopic (exact) mass is 237 g/mol. The largest absolute Gasteiger partial charge is 0.314 e. The second-order valence-electron chi connectivity index (χ2n) is 3.40. The molecule has 0 aliphatic carbocycles. The Morgan fingerprint density at radius 2 is 2.19 bits per heavy atom. The van der Waals surface area contributed by atoms with Gasteiger partial charge in [0.2, 0.25) is 0 Å². The van der Waals surface area contributed by atoms with Crippen molar-refractivity contribution in [1.29, 1.82) is 0 Å². The molecular formula is C10H12ClN5. The molecule has 16 heavy (non-hydrogen) atoms. The summed E-state index contributed by atoms with van der Waals surface area (Å²) in [7, 11) is 1.87. The Bertz CT molecular complexity index is 457. The van der Waals surface area contributed by atoms with Gasteiger partial charge in [-0.3, -0.25) is 4.98 Å². The molecule has 2 aromatic heterocycles. The first-order chi connectivity index (χ1) is 7.70. The summed E-state index contributed by atoms with van der Waals surface area (Å²) in [5.41, 5.74) is 1.67. The lowest BCUT2D eigenvalue weighted by molar-refractivity contribution is 0.767. The molecule has 0 saturated carbocycles. The molecule has 0 aromatic carbocycles. The van der Waals surface area contributed by atoms with Crippen LogP contribution >= 0.6 is 11.6 Å². The Balaban J connectivity index is 2.27. The van der Waals surface area contributed by atoms with E-state index < -0.39 is 0 Å². The van der Waals surface area contributed by atoms with E-state index in [-0.39, 0.29) is 0 Å². The minimum absolute atomic E-state index is 0.626. The Morgan fingerprint density at radius 3 is 2.69 bits per heavy atom. The maximum absolute atomic E-state index is 5.92. The third kappa shape index (κ3) is 2.20. The number of aromatic nitrogens is 4. The van der Waals surface area contributed by atoms with E-state index in [0.717, 1.165) is 11.4 Å². The van der Waals surface area contributed by atoms with Crippen molar-refractivity contribution in [3.8, 4) is 5.82 Å². The Morgan fingerprint density at radius 1 is 1.38 bits per heavy atom. The van der Waals surface area contributed by atoms with Gasteiger partial charge in [-0.25, -0.2) is 9.67 Å². The summed E-state index contributed by atoms with van der Waals surface area (Å²) in [4.78, 5) is 8.52. The van der Waals surface area contributed by atoms with Crippen molar-refractivity contribution in [3.05, 3.63) is 35.0 Å². The number of hydrogen-bond donors (Lipinski definition) is 1. The maximum atomic E-state index is 5.92. The van der Waals surface area contributed by atoms with Crippen molar-refractivity contribution in [2.24, 2.45) is 0 Å². The highest BCUT2D eigenvalue weighted by Crippen LogP contribution is 2.14. The molecular weight excluding hydrogens is 226 g/mol. The molecule has 2 aromatic rings. The molecule has 1 N–H and O–H groups in total. The van der Waals surface area contributed by atoms with Crippen LogP contribution in [0.4, 0.5) is 0 Å². The summed E-state index contributed by atoms with van der Waals surface area (Å²) in [5, 5.41) is 7.86. The van der Waals surface area contributed by atoms with Crippen LogP contribution in [0.2, 0.25) is 5.02 Å². The van der Waals surface area contributed by atoms with Crippen LogP contribution in [0.25, 0.3) is 5.82 Å². The average molecular weight is 238 g/mol. The van der Waals surface area contributed by atoms with Gasteiger partial charge >= 0.3 is 0 Å². The fraction of sp³-hybridized carbons (Fsp3) is 0.300. The lowest BCUT2D eigenvalue weighted by Crippen LogP contribution is -2.08. The number of hydrogen-bond acceptors (Lipinski definition) is 4. The lowest BCUT2D eigenvalue weighted by atomic mass is 10.4. The minimum atomic E-state index is 0.626. The predicted octanol–water partition coefficient (Wildman–Crippen LogP) is 1.34. The molecule has 0 aliphatic heterocycles. The van der Waals surface area contributed by atoms with Gasteiger partial charge in [0, 0.05) is 6.54 Å². The molecule has 84 valence electrons. The van der Waals surface area contributed by atoms with Crippen molar-refractivity contribution in [2.75, 3.05) is 7.05 Å². The first-order valence-electron chi connectivity index (χ1n) is 4.88. The summed E-state index contributed by atoms with van der Waals surface area (Å²) in [6.45, 7) is 2.55. The average Bonchev–Trinajstić information content (AvgIpc) is 2.61. The number of halogens is 1. The maximum Gasteiger partial charge on any atom is 0.171 e. The second-order valence-corrected chi connectivity index (χ2v) is 3.81. The van der Waals surface area contributed by atoms with Gasteiger partial charge in [0.1, 0.15) is 0 Å². The molecule has 0 radical (unpaired) electrons. The van der Waals surface area contributed by atoms with Crippen LogP contribution < -0.4 is 5.32 Å². The second kappa shape index (κ2) is 4.59. The van der Waals surface area contributed by atoms with Gasteiger partial charge in [-0.2, -0.15) is 5.10 Å². The van der Waals surface area contributed by atoms with Gasteiger partial charge in [0.25, 0.3) is 0 Å². The molecule has 0 unspecified atom stereocenters. The van der Waals surface area contributed by atoms with Crippen molar-refractivity contribution in [1.82, 2.24) is 25.1 Å². The first-order valence-corrected chi connectivity index (χ1v) is 5.26. The van der Waals surface area contributed by atoms with E-state index in [0.29, 0.717) is 17.4 Å². The van der Waals surface area contributed by atoms with Crippen molar-refractivity contribution < 1.29 is 0 Å². The Hall–Kier alpha value is -1.46. The smallest absolute Gasteiger partial charge is 0.171 e. The normalized spacial score (nSPS) is 10.7. The molecule has 2 heterocycles. The zero-order valence-corrected chi connectivity index (χ0v) is 9.86. The van der Waals surface area contributed by atoms with E-state index >= 15 is 0 Å². The Kier molecular flexibility index (Phi) is 3.17. The van der Waals surface area contributed by atoms with Crippen molar-refractivity contribution in [2.45, 2.75) is 13.5 Å². The van der Waals surface area contributed by atoms with Crippen LogP contribution in [-0.4, -0.2) is 26.8 Å². The van der Waals surface area contributed by atoms with Gasteiger partial charge in [-0.05, 0) is 14.0 Å². The van der Waals surface area contributed by atoms with E-state index in [4.69, 9.17) is 11.6 Å². The number of rotatable bonds is 3. The van der Waals surface area contributed by atoms with E-state index in [1.165, 1.54) is 0 Å². The molecule has 0 fully saturated rings. The third-order valence-electron chi connectivity index (χ3n) is 2.12. The van der Waals surface area contributed by atoms with Crippen LogP contribution in [0.1, 0.15) is 11.4 Å². The SMILES string of the molecule is CNCc1cnc(-n2cc(Cl)c(C)n2)cn1. The van der Waals surface area contributed by atoms with E-state index in [9.17, 15) is 0 Å². The first kappa shape index (κ1) is 11.0. The molecule has 2 rings (SSSR count). The number of nitrogens with zero attached hydrogens (tertiary/aromatic N) is 4. The van der Waals surface area contributed by atoms with Gasteiger partial charge in [0.15, 0.2) is 5.82 Å².